The predicted molar refractivity (Wildman–Crippen MR) is 174 cm³/mol. The summed E-state index contributed by atoms with van der Waals surface area (Å²) in [5.41, 5.74) is 0.0811. The van der Waals surface area contributed by atoms with Gasteiger partial charge in [-0.1, -0.05) is 86.5 Å². The average Bonchev–Trinajstić information content (AvgIpc) is 3.57. The van der Waals surface area contributed by atoms with Crippen molar-refractivity contribution >= 4 is 43.5 Å². The topological polar surface area (TPSA) is 44.1 Å². The van der Waals surface area contributed by atoms with E-state index in [1.165, 1.54) is 0 Å². The van der Waals surface area contributed by atoms with E-state index in [0.29, 0.717) is 24.3 Å². The molecule has 0 saturated carbocycles. The smallest absolute Gasteiger partial charge is 0.310 e. The predicted octanol–water partition coefficient (Wildman–Crippen LogP) is 11.8. The SMILES string of the molecule is CC(C)(C)[C@H]1CN(c2ccc(S(F)(F)(F)(F)F)cc2)C(c2cccc(C3=N[C@@H](C(C)(C)C)CN3c3ccc(S(F)(F)(F)(F)F)cc3)n2)=N1. The lowest BCUT2D eigenvalue weighted by Gasteiger charge is -2.40. The maximum Gasteiger partial charge on any atom is 0.310 e. The van der Waals surface area contributed by atoms with E-state index >= 15 is 0 Å². The molecule has 266 valence electrons. The summed E-state index contributed by atoms with van der Waals surface area (Å²) in [7, 11) is -19.8. The average molecular weight is 732 g/mol. The molecule has 0 amide bonds. The lowest BCUT2D eigenvalue weighted by Crippen LogP contribution is -2.35. The summed E-state index contributed by atoms with van der Waals surface area (Å²) >= 11 is 0. The van der Waals surface area contributed by atoms with Crippen LogP contribution in [-0.4, -0.2) is 41.8 Å². The highest BCUT2D eigenvalue weighted by Crippen LogP contribution is 3.02. The van der Waals surface area contributed by atoms with Crippen LogP contribution in [0, 0.1) is 10.8 Å². The number of nitrogens with zero attached hydrogens (tertiary/aromatic N) is 5. The zero-order valence-corrected chi connectivity index (χ0v) is 28.4. The van der Waals surface area contributed by atoms with E-state index < -0.39 is 41.1 Å². The van der Waals surface area contributed by atoms with Crippen LogP contribution in [0.3, 0.4) is 0 Å². The molecule has 2 aliphatic rings. The molecule has 5 rings (SSSR count). The Bertz CT molecular complexity index is 1680. The Labute approximate surface area is 272 Å². The van der Waals surface area contributed by atoms with Gasteiger partial charge < -0.3 is 9.80 Å². The number of benzene rings is 2. The molecule has 17 heteroatoms. The molecule has 0 fully saturated rings. The van der Waals surface area contributed by atoms with Gasteiger partial charge in [-0.3, -0.25) is 9.98 Å². The fourth-order valence-electron chi connectivity index (χ4n) is 5.28. The highest BCUT2D eigenvalue weighted by Gasteiger charge is 2.66. The number of pyridine rings is 1. The molecule has 48 heavy (non-hydrogen) atoms. The Hall–Kier alpha value is -3.47. The Morgan fingerprint density at radius 1 is 0.521 bits per heavy atom. The lowest BCUT2D eigenvalue weighted by molar-refractivity contribution is 0.337. The first-order chi connectivity index (χ1) is 21.3. The number of halogens is 10. The largest absolute Gasteiger partial charge is 0.323 e. The molecule has 0 radical (unpaired) electrons. The maximum absolute atomic E-state index is 13.4. The summed E-state index contributed by atoms with van der Waals surface area (Å²) in [6.07, 6.45) is 0. The van der Waals surface area contributed by atoms with Gasteiger partial charge >= 0.3 is 20.4 Å². The van der Waals surface area contributed by atoms with Crippen LogP contribution >= 0.6 is 20.4 Å². The van der Waals surface area contributed by atoms with Crippen molar-refractivity contribution in [2.75, 3.05) is 22.9 Å². The molecule has 2 aromatic carbocycles. The summed E-state index contributed by atoms with van der Waals surface area (Å²) in [4.78, 5) is 13.5. The first-order valence-corrected chi connectivity index (χ1v) is 18.6. The monoisotopic (exact) mass is 731 g/mol. The fourth-order valence-corrected chi connectivity index (χ4v) is 6.59. The summed E-state index contributed by atoms with van der Waals surface area (Å²) in [6.45, 7) is 11.9. The molecule has 0 aliphatic carbocycles. The summed E-state index contributed by atoms with van der Waals surface area (Å²) < 4.78 is 134. The molecule has 0 N–H and O–H groups in total. The van der Waals surface area contributed by atoms with Crippen molar-refractivity contribution in [2.45, 2.75) is 63.4 Å². The van der Waals surface area contributed by atoms with Crippen LogP contribution in [0.15, 0.2) is 86.5 Å². The number of amidine groups is 2. The number of hydrogen-bond donors (Lipinski definition) is 0. The van der Waals surface area contributed by atoms with Crippen molar-refractivity contribution in [2.24, 2.45) is 20.8 Å². The second kappa shape index (κ2) is 9.61. The Morgan fingerprint density at radius 2 is 0.833 bits per heavy atom. The first kappa shape index (κ1) is 35.8. The minimum absolute atomic E-state index is 0.176. The van der Waals surface area contributed by atoms with Crippen molar-refractivity contribution in [1.29, 1.82) is 0 Å². The molecule has 3 aromatic rings. The molecule has 0 unspecified atom stereocenters. The van der Waals surface area contributed by atoms with Gasteiger partial charge in [-0.15, -0.1) is 0 Å². The Kier molecular flexibility index (Phi) is 7.17. The third-order valence-electron chi connectivity index (χ3n) is 8.17. The van der Waals surface area contributed by atoms with Gasteiger partial charge in [-0.25, -0.2) is 4.98 Å². The first-order valence-electron chi connectivity index (χ1n) is 14.7. The second-order valence-electron chi connectivity index (χ2n) is 14.2. The van der Waals surface area contributed by atoms with Gasteiger partial charge in [-0.05, 0) is 71.5 Å². The fraction of sp³-hybridized carbons (Fsp3) is 0.387. The molecule has 3 heterocycles. The minimum atomic E-state index is -9.91. The molecule has 5 nitrogen and oxygen atoms in total. The van der Waals surface area contributed by atoms with E-state index in [9.17, 15) is 38.9 Å². The Balaban J connectivity index is 1.56. The molecule has 0 saturated heterocycles. The van der Waals surface area contributed by atoms with Crippen molar-refractivity contribution in [3.05, 3.63) is 78.1 Å². The quantitative estimate of drug-likeness (QED) is 0.237. The van der Waals surface area contributed by atoms with Gasteiger partial charge in [0.15, 0.2) is 11.7 Å². The van der Waals surface area contributed by atoms with Crippen LogP contribution < -0.4 is 9.80 Å². The molecular formula is C31H35F10N5S2. The van der Waals surface area contributed by atoms with Crippen molar-refractivity contribution in [3.8, 4) is 0 Å². The van der Waals surface area contributed by atoms with E-state index in [4.69, 9.17) is 15.0 Å². The minimum Gasteiger partial charge on any atom is -0.323 e. The van der Waals surface area contributed by atoms with Gasteiger partial charge in [0.2, 0.25) is 0 Å². The summed E-state index contributed by atoms with van der Waals surface area (Å²) in [5.74, 6) is 0.518. The molecule has 2 atom stereocenters. The standard InChI is InChI=1S/C31H35F10N5S2/c1-30(2,3)26-18-45(20-10-14-22(15-11-20)47(32,33,34,35)36)28(43-26)24-8-7-9-25(42-24)29-44-27(31(4,5)6)19-46(29)21-12-16-23(17-13-21)48(37,38,39,40)41/h7-17,26-27H,18-19H2,1-6H3/t26-,27-/m1/s1. The number of aliphatic imine (C=N–C) groups is 2. The van der Waals surface area contributed by atoms with Gasteiger partial charge in [0.25, 0.3) is 0 Å². The van der Waals surface area contributed by atoms with E-state index in [2.05, 4.69) is 0 Å². The van der Waals surface area contributed by atoms with Gasteiger partial charge in [0.1, 0.15) is 21.2 Å². The van der Waals surface area contributed by atoms with E-state index in [1.807, 2.05) is 41.5 Å². The van der Waals surface area contributed by atoms with E-state index in [1.54, 1.807) is 28.0 Å². The maximum atomic E-state index is 13.4. The van der Waals surface area contributed by atoms with Crippen LogP contribution in [0.2, 0.25) is 0 Å². The van der Waals surface area contributed by atoms with Crippen LogP contribution in [0.5, 0.6) is 0 Å². The van der Waals surface area contributed by atoms with Crippen molar-refractivity contribution < 1.29 is 38.9 Å². The van der Waals surface area contributed by atoms with Gasteiger partial charge in [-0.2, -0.15) is 0 Å². The van der Waals surface area contributed by atoms with Crippen molar-refractivity contribution in [1.82, 2.24) is 4.98 Å². The number of anilines is 2. The van der Waals surface area contributed by atoms with Gasteiger partial charge in [0.05, 0.1) is 12.1 Å². The zero-order valence-electron chi connectivity index (χ0n) is 26.8. The molecule has 0 spiro atoms. The highest BCUT2D eigenvalue weighted by atomic mass is 32.5. The number of hydrogen-bond acceptors (Lipinski definition) is 5. The number of rotatable bonds is 6. The third-order valence-corrected chi connectivity index (χ3v) is 10.5. The third kappa shape index (κ3) is 7.56. The van der Waals surface area contributed by atoms with Crippen molar-refractivity contribution in [3.63, 3.8) is 0 Å². The van der Waals surface area contributed by atoms with E-state index in [-0.39, 0.29) is 59.6 Å². The van der Waals surface area contributed by atoms with E-state index in [0.717, 1.165) is 24.3 Å². The number of aromatic nitrogens is 1. The molecular weight excluding hydrogens is 696 g/mol. The molecule has 0 bridgehead atoms. The zero-order chi connectivity index (χ0) is 36.1. The summed E-state index contributed by atoms with van der Waals surface area (Å²) in [6, 6.07) is 9.24. The highest BCUT2D eigenvalue weighted by molar-refractivity contribution is 8.46. The molecule has 2 aliphatic heterocycles. The summed E-state index contributed by atoms with van der Waals surface area (Å²) in [5, 5.41) is 0. The van der Waals surface area contributed by atoms with Crippen LogP contribution in [-0.2, 0) is 0 Å². The second-order valence-corrected chi connectivity index (χ2v) is 19.0. The molecule has 1 aromatic heterocycles. The normalized spacial score (nSPS) is 22.4. The Morgan fingerprint density at radius 3 is 1.10 bits per heavy atom. The van der Waals surface area contributed by atoms with Gasteiger partial charge in [0, 0.05) is 24.5 Å². The van der Waals surface area contributed by atoms with Crippen LogP contribution in [0.25, 0.3) is 0 Å². The van der Waals surface area contributed by atoms with Crippen LogP contribution in [0.4, 0.5) is 50.2 Å². The van der Waals surface area contributed by atoms with Crippen LogP contribution in [0.1, 0.15) is 52.9 Å². The lowest BCUT2D eigenvalue weighted by atomic mass is 9.87.